The highest BCUT2D eigenvalue weighted by molar-refractivity contribution is 6.31. The molecule has 31 heavy (non-hydrogen) atoms. The molecule has 0 aliphatic heterocycles. The molecule has 0 atom stereocenters. The van der Waals surface area contributed by atoms with E-state index < -0.39 is 0 Å². The predicted octanol–water partition coefficient (Wildman–Crippen LogP) is 5.03. The summed E-state index contributed by atoms with van der Waals surface area (Å²) in [6.45, 7) is 2.51. The molecule has 2 heterocycles. The first-order chi connectivity index (χ1) is 15.0. The van der Waals surface area contributed by atoms with Crippen molar-refractivity contribution in [3.8, 4) is 5.75 Å². The number of carbonyl (C=O) groups is 1. The topological polar surface area (TPSA) is 74.0 Å². The minimum absolute atomic E-state index is 0.0807. The second-order valence-electron chi connectivity index (χ2n) is 6.82. The highest BCUT2D eigenvalue weighted by Gasteiger charge is 2.15. The molecule has 4 aromatic rings. The molecule has 4 rings (SSSR count). The molecule has 7 nitrogen and oxygen atoms in total. The average molecular weight is 456 g/mol. The summed E-state index contributed by atoms with van der Waals surface area (Å²) in [6.07, 6.45) is 1.54. The molecule has 0 spiro atoms. The zero-order valence-corrected chi connectivity index (χ0v) is 18.1. The zero-order valence-electron chi connectivity index (χ0n) is 16.6. The van der Waals surface area contributed by atoms with Gasteiger partial charge >= 0.3 is 0 Å². The molecule has 158 valence electrons. The number of halogens is 2. The predicted molar refractivity (Wildman–Crippen MR) is 120 cm³/mol. The van der Waals surface area contributed by atoms with Crippen LogP contribution in [0.4, 0.5) is 5.82 Å². The second-order valence-corrected chi connectivity index (χ2v) is 7.66. The van der Waals surface area contributed by atoms with Gasteiger partial charge < -0.3 is 10.1 Å². The van der Waals surface area contributed by atoms with E-state index in [1.807, 2.05) is 31.2 Å². The highest BCUT2D eigenvalue weighted by Crippen LogP contribution is 2.19. The summed E-state index contributed by atoms with van der Waals surface area (Å²) < 4.78 is 8.94. The van der Waals surface area contributed by atoms with Crippen LogP contribution >= 0.6 is 23.2 Å². The smallest absolute Gasteiger partial charge is 0.275 e. The summed E-state index contributed by atoms with van der Waals surface area (Å²) in [7, 11) is 0. The summed E-state index contributed by atoms with van der Waals surface area (Å²) in [5.41, 5.74) is 2.20. The van der Waals surface area contributed by atoms with Crippen LogP contribution in [0.5, 0.6) is 5.75 Å². The largest absolute Gasteiger partial charge is 0.471 e. The van der Waals surface area contributed by atoms with Gasteiger partial charge in [-0.25, -0.2) is 4.68 Å². The van der Waals surface area contributed by atoms with Crippen molar-refractivity contribution < 1.29 is 9.53 Å². The number of amides is 1. The molecule has 2 aromatic carbocycles. The number of anilines is 1. The third-order valence-electron chi connectivity index (χ3n) is 4.62. The Bertz CT molecular complexity index is 1200. The van der Waals surface area contributed by atoms with Crippen molar-refractivity contribution in [2.45, 2.75) is 20.2 Å². The molecule has 0 aliphatic carbocycles. The number of benzene rings is 2. The van der Waals surface area contributed by atoms with E-state index in [-0.39, 0.29) is 12.6 Å². The lowest BCUT2D eigenvalue weighted by Gasteiger charge is -2.09. The molecule has 9 heteroatoms. The summed E-state index contributed by atoms with van der Waals surface area (Å²) in [4.78, 5) is 12.8. The van der Waals surface area contributed by atoms with Crippen LogP contribution in [0.15, 0.2) is 66.9 Å². The number of carbonyl (C=O) groups excluding carboxylic acids is 1. The lowest BCUT2D eigenvalue weighted by atomic mass is 10.2. The van der Waals surface area contributed by atoms with E-state index in [4.69, 9.17) is 27.9 Å². The molecule has 0 saturated heterocycles. The van der Waals surface area contributed by atoms with Gasteiger partial charge in [0, 0.05) is 28.0 Å². The van der Waals surface area contributed by atoms with Crippen LogP contribution in [0.1, 0.15) is 21.7 Å². The maximum Gasteiger partial charge on any atom is 0.275 e. The number of nitrogens with one attached hydrogen (secondary N) is 1. The van der Waals surface area contributed by atoms with E-state index >= 15 is 0 Å². The third-order valence-corrected chi connectivity index (χ3v) is 5.24. The van der Waals surface area contributed by atoms with Crippen LogP contribution in [-0.2, 0) is 13.3 Å². The zero-order chi connectivity index (χ0) is 21.8. The quantitative estimate of drug-likeness (QED) is 0.423. The van der Waals surface area contributed by atoms with Crippen molar-refractivity contribution in [1.82, 2.24) is 19.6 Å². The molecule has 0 unspecified atom stereocenters. The van der Waals surface area contributed by atoms with Crippen LogP contribution in [0.3, 0.4) is 0 Å². The van der Waals surface area contributed by atoms with Crippen molar-refractivity contribution >= 4 is 34.9 Å². The van der Waals surface area contributed by atoms with Gasteiger partial charge in [0.05, 0.1) is 6.54 Å². The van der Waals surface area contributed by atoms with Crippen molar-refractivity contribution in [2.75, 3.05) is 5.32 Å². The fraction of sp³-hybridized carbons (Fsp3) is 0.136. The Morgan fingerprint density at radius 2 is 1.84 bits per heavy atom. The van der Waals surface area contributed by atoms with Gasteiger partial charge in [-0.15, -0.1) is 0 Å². The lowest BCUT2D eigenvalue weighted by molar-refractivity contribution is 0.100. The van der Waals surface area contributed by atoms with E-state index in [0.717, 1.165) is 11.3 Å². The fourth-order valence-electron chi connectivity index (χ4n) is 2.99. The van der Waals surface area contributed by atoms with E-state index in [1.165, 1.54) is 4.68 Å². The van der Waals surface area contributed by atoms with Crippen molar-refractivity contribution in [3.63, 3.8) is 0 Å². The summed E-state index contributed by atoms with van der Waals surface area (Å²) >= 11 is 12.1. The molecule has 0 bridgehead atoms. The molecular weight excluding hydrogens is 437 g/mol. The first kappa shape index (κ1) is 21.0. The summed E-state index contributed by atoms with van der Waals surface area (Å²) in [5.74, 6) is 0.737. The molecule has 1 amide bonds. The van der Waals surface area contributed by atoms with E-state index in [9.17, 15) is 4.79 Å². The van der Waals surface area contributed by atoms with Crippen LogP contribution < -0.4 is 10.1 Å². The van der Waals surface area contributed by atoms with Crippen molar-refractivity contribution in [2.24, 2.45) is 0 Å². The van der Waals surface area contributed by atoms with Crippen LogP contribution in [-0.4, -0.2) is 25.5 Å². The Hall–Kier alpha value is -3.29. The summed E-state index contributed by atoms with van der Waals surface area (Å²) in [5, 5.41) is 12.8. The Morgan fingerprint density at radius 3 is 2.61 bits per heavy atom. The molecular formula is C22H19Cl2N5O2. The second kappa shape index (κ2) is 9.24. The number of hydrogen-bond donors (Lipinski definition) is 1. The average Bonchev–Trinajstić information content (AvgIpc) is 3.36. The van der Waals surface area contributed by atoms with Gasteiger partial charge in [-0.1, -0.05) is 41.4 Å². The third kappa shape index (κ3) is 5.07. The molecule has 0 fully saturated rings. The van der Waals surface area contributed by atoms with Crippen LogP contribution in [0.25, 0.3) is 0 Å². The van der Waals surface area contributed by atoms with Gasteiger partial charge in [0.25, 0.3) is 5.91 Å². The monoisotopic (exact) mass is 455 g/mol. The maximum absolute atomic E-state index is 12.8. The maximum atomic E-state index is 12.8. The molecule has 0 aliphatic rings. The van der Waals surface area contributed by atoms with E-state index in [2.05, 4.69) is 15.5 Å². The Morgan fingerprint density at radius 1 is 1.06 bits per heavy atom. The summed E-state index contributed by atoms with van der Waals surface area (Å²) in [6, 6.07) is 18.0. The number of rotatable bonds is 7. The number of hydrogen-bond acceptors (Lipinski definition) is 4. The van der Waals surface area contributed by atoms with Gasteiger partial charge in [-0.3, -0.25) is 9.48 Å². The van der Waals surface area contributed by atoms with Crippen molar-refractivity contribution in [3.05, 3.63) is 93.9 Å². The van der Waals surface area contributed by atoms with E-state index in [0.29, 0.717) is 33.9 Å². The number of ether oxygens (including phenoxy) is 1. The Labute approximate surface area is 189 Å². The minimum atomic E-state index is -0.334. The lowest BCUT2D eigenvalue weighted by Crippen LogP contribution is -2.20. The van der Waals surface area contributed by atoms with Crippen LogP contribution in [0.2, 0.25) is 10.0 Å². The van der Waals surface area contributed by atoms with Gasteiger partial charge in [0.2, 0.25) is 0 Å². The molecule has 2 aromatic heterocycles. The number of aryl methyl sites for hydroxylation is 1. The SMILES string of the molecule is Cc1cc(NC(=O)c2ccnn2COc2ccc(Cl)cc2)nn1Cc1ccccc1Cl. The minimum Gasteiger partial charge on any atom is -0.471 e. The Balaban J connectivity index is 1.43. The fourth-order valence-corrected chi connectivity index (χ4v) is 3.32. The van der Waals surface area contributed by atoms with E-state index in [1.54, 1.807) is 47.3 Å². The van der Waals surface area contributed by atoms with Gasteiger partial charge in [-0.05, 0) is 48.9 Å². The first-order valence-corrected chi connectivity index (χ1v) is 10.2. The van der Waals surface area contributed by atoms with Crippen molar-refractivity contribution in [1.29, 1.82) is 0 Å². The van der Waals surface area contributed by atoms with Gasteiger partial charge in [0.15, 0.2) is 12.5 Å². The van der Waals surface area contributed by atoms with Crippen LogP contribution in [0, 0.1) is 6.92 Å². The van der Waals surface area contributed by atoms with Gasteiger partial charge in [0.1, 0.15) is 11.4 Å². The van der Waals surface area contributed by atoms with Gasteiger partial charge in [-0.2, -0.15) is 10.2 Å². The molecule has 0 radical (unpaired) electrons. The number of nitrogens with zero attached hydrogens (tertiary/aromatic N) is 4. The standard InChI is InChI=1S/C22H19Cl2N5O2/c1-15-12-21(27-28(15)13-16-4-2-3-5-19(16)24)26-22(30)20-10-11-25-29(20)14-31-18-8-6-17(23)7-9-18/h2-12H,13-14H2,1H3,(H,26,27,30). The Kier molecular flexibility index (Phi) is 6.25. The normalized spacial score (nSPS) is 10.8. The molecule has 1 N–H and O–H groups in total. The number of aromatic nitrogens is 4. The molecule has 0 saturated carbocycles. The highest BCUT2D eigenvalue weighted by atomic mass is 35.5. The first-order valence-electron chi connectivity index (χ1n) is 9.49.